The maximum absolute atomic E-state index is 12.0. The van der Waals surface area contributed by atoms with Gasteiger partial charge in [0.2, 0.25) is 0 Å². The normalized spacial score (nSPS) is 13.5. The Bertz CT molecular complexity index is 948. The number of nitrogens with one attached hydrogen (secondary N) is 2. The van der Waals surface area contributed by atoms with E-state index in [9.17, 15) is 4.79 Å². The number of anilines is 1. The topological polar surface area (TPSA) is 83.8 Å². The second kappa shape index (κ2) is 5.69. The summed E-state index contributed by atoms with van der Waals surface area (Å²) in [6.45, 7) is 0.643. The lowest BCUT2D eigenvalue weighted by molar-refractivity contribution is 0.0946. The third kappa shape index (κ3) is 2.53. The Hall–Kier alpha value is -2.79. The Morgan fingerprint density at radius 3 is 2.83 bits per heavy atom. The SMILES string of the molecule is Nc1cccc(-c2cc(-c3cc4c([nH]3)CCNC4=O)c(Cl)cn2)c1. The van der Waals surface area contributed by atoms with Crippen molar-refractivity contribution >= 4 is 23.2 Å². The third-order valence-corrected chi connectivity index (χ3v) is 4.43. The molecule has 4 rings (SSSR count). The monoisotopic (exact) mass is 338 g/mol. The lowest BCUT2D eigenvalue weighted by Crippen LogP contribution is -2.31. The molecule has 0 bridgehead atoms. The lowest BCUT2D eigenvalue weighted by atomic mass is 10.1. The number of aromatic nitrogens is 2. The fraction of sp³-hybridized carbons (Fsp3) is 0.111. The molecule has 0 unspecified atom stereocenters. The molecule has 1 aliphatic rings. The van der Waals surface area contributed by atoms with E-state index in [1.807, 2.05) is 36.4 Å². The van der Waals surface area contributed by atoms with Gasteiger partial charge in [0, 0.05) is 47.4 Å². The number of aromatic amines is 1. The van der Waals surface area contributed by atoms with E-state index < -0.39 is 0 Å². The molecule has 2 aromatic heterocycles. The van der Waals surface area contributed by atoms with E-state index in [1.54, 1.807) is 6.20 Å². The molecule has 3 aromatic rings. The highest BCUT2D eigenvalue weighted by Crippen LogP contribution is 2.32. The van der Waals surface area contributed by atoms with Gasteiger partial charge in [-0.3, -0.25) is 9.78 Å². The van der Waals surface area contributed by atoms with Crippen molar-refractivity contribution in [3.63, 3.8) is 0 Å². The van der Waals surface area contributed by atoms with Crippen molar-refractivity contribution < 1.29 is 4.79 Å². The third-order valence-electron chi connectivity index (χ3n) is 4.13. The molecular formula is C18H15ClN4O. The van der Waals surface area contributed by atoms with Crippen LogP contribution in [0.1, 0.15) is 16.1 Å². The van der Waals surface area contributed by atoms with Crippen molar-refractivity contribution in [3.05, 3.63) is 58.9 Å². The number of hydrogen-bond acceptors (Lipinski definition) is 3. The number of halogens is 1. The van der Waals surface area contributed by atoms with Gasteiger partial charge in [-0.25, -0.2) is 0 Å². The van der Waals surface area contributed by atoms with E-state index in [-0.39, 0.29) is 5.91 Å². The summed E-state index contributed by atoms with van der Waals surface area (Å²) in [5.41, 5.74) is 11.5. The quantitative estimate of drug-likeness (QED) is 0.627. The summed E-state index contributed by atoms with van der Waals surface area (Å²) in [6, 6.07) is 11.3. The van der Waals surface area contributed by atoms with Gasteiger partial charge in [0.1, 0.15) is 0 Å². The van der Waals surface area contributed by atoms with Crippen LogP contribution in [0.5, 0.6) is 0 Å². The number of nitrogens with zero attached hydrogens (tertiary/aromatic N) is 1. The number of fused-ring (bicyclic) bond motifs is 1. The highest BCUT2D eigenvalue weighted by molar-refractivity contribution is 6.33. The van der Waals surface area contributed by atoms with Gasteiger partial charge in [0.05, 0.1) is 16.3 Å². The molecule has 0 spiro atoms. The fourth-order valence-corrected chi connectivity index (χ4v) is 3.14. The van der Waals surface area contributed by atoms with Crippen LogP contribution in [0.2, 0.25) is 5.02 Å². The van der Waals surface area contributed by atoms with Crippen LogP contribution >= 0.6 is 11.6 Å². The lowest BCUT2D eigenvalue weighted by Gasteiger charge is -2.11. The molecule has 0 aliphatic carbocycles. The first-order chi connectivity index (χ1) is 11.6. The summed E-state index contributed by atoms with van der Waals surface area (Å²) in [5.74, 6) is -0.0556. The maximum Gasteiger partial charge on any atom is 0.253 e. The fourth-order valence-electron chi connectivity index (χ4n) is 2.94. The smallest absolute Gasteiger partial charge is 0.253 e. The number of carbonyl (C=O) groups excluding carboxylic acids is 1. The van der Waals surface area contributed by atoms with E-state index in [0.717, 1.165) is 34.6 Å². The zero-order chi connectivity index (χ0) is 16.7. The highest BCUT2D eigenvalue weighted by atomic mass is 35.5. The summed E-state index contributed by atoms with van der Waals surface area (Å²) >= 11 is 6.34. The molecule has 5 nitrogen and oxygen atoms in total. The molecule has 120 valence electrons. The van der Waals surface area contributed by atoms with Crippen LogP contribution < -0.4 is 11.1 Å². The number of nitrogens with two attached hydrogens (primary N) is 1. The average molecular weight is 339 g/mol. The van der Waals surface area contributed by atoms with Crippen LogP contribution in [-0.4, -0.2) is 22.4 Å². The van der Waals surface area contributed by atoms with Crippen molar-refractivity contribution in [2.75, 3.05) is 12.3 Å². The molecule has 0 atom stereocenters. The second-order valence-corrected chi connectivity index (χ2v) is 6.16. The van der Waals surface area contributed by atoms with E-state index in [4.69, 9.17) is 17.3 Å². The molecule has 1 aliphatic heterocycles. The van der Waals surface area contributed by atoms with Crippen molar-refractivity contribution in [1.29, 1.82) is 0 Å². The minimum atomic E-state index is -0.0556. The largest absolute Gasteiger partial charge is 0.399 e. The first-order valence-electron chi connectivity index (χ1n) is 7.64. The number of pyridine rings is 1. The second-order valence-electron chi connectivity index (χ2n) is 5.76. The van der Waals surface area contributed by atoms with Crippen molar-refractivity contribution in [1.82, 2.24) is 15.3 Å². The minimum absolute atomic E-state index is 0.0556. The van der Waals surface area contributed by atoms with E-state index in [2.05, 4.69) is 15.3 Å². The summed E-state index contributed by atoms with van der Waals surface area (Å²) in [4.78, 5) is 19.7. The molecule has 6 heteroatoms. The zero-order valence-electron chi connectivity index (χ0n) is 12.8. The van der Waals surface area contributed by atoms with Crippen LogP contribution in [0.4, 0.5) is 5.69 Å². The number of benzene rings is 1. The average Bonchev–Trinajstić information content (AvgIpc) is 3.01. The Balaban J connectivity index is 1.81. The Labute approximate surface area is 143 Å². The molecule has 0 radical (unpaired) electrons. The Morgan fingerprint density at radius 2 is 2.04 bits per heavy atom. The molecule has 0 saturated heterocycles. The van der Waals surface area contributed by atoms with Crippen LogP contribution in [0.25, 0.3) is 22.5 Å². The predicted molar refractivity (Wildman–Crippen MR) is 94.9 cm³/mol. The van der Waals surface area contributed by atoms with Crippen LogP contribution in [0, 0.1) is 0 Å². The Kier molecular flexibility index (Phi) is 3.50. The van der Waals surface area contributed by atoms with Crippen molar-refractivity contribution in [2.24, 2.45) is 0 Å². The minimum Gasteiger partial charge on any atom is -0.399 e. The van der Waals surface area contributed by atoms with Gasteiger partial charge in [-0.1, -0.05) is 23.7 Å². The number of amides is 1. The molecular weight excluding hydrogens is 324 g/mol. The molecule has 1 aromatic carbocycles. The summed E-state index contributed by atoms with van der Waals surface area (Å²) in [5, 5.41) is 3.37. The molecule has 1 amide bonds. The van der Waals surface area contributed by atoms with Crippen LogP contribution in [-0.2, 0) is 6.42 Å². The standard InChI is InChI=1S/C18H15ClN4O/c19-14-9-22-16(10-2-1-3-11(20)6-10)7-12(14)17-8-13-15(23-17)4-5-21-18(13)24/h1-3,6-9,23H,4-5,20H2,(H,21,24). The molecule has 24 heavy (non-hydrogen) atoms. The van der Waals surface area contributed by atoms with Gasteiger partial charge < -0.3 is 16.0 Å². The summed E-state index contributed by atoms with van der Waals surface area (Å²) < 4.78 is 0. The van der Waals surface area contributed by atoms with Gasteiger partial charge in [0.15, 0.2) is 0 Å². The first-order valence-corrected chi connectivity index (χ1v) is 8.01. The summed E-state index contributed by atoms with van der Waals surface area (Å²) in [6.07, 6.45) is 2.40. The van der Waals surface area contributed by atoms with E-state index in [1.165, 1.54) is 0 Å². The molecule has 3 heterocycles. The number of hydrogen-bond donors (Lipinski definition) is 3. The zero-order valence-corrected chi connectivity index (χ0v) is 13.5. The predicted octanol–water partition coefficient (Wildman–Crippen LogP) is 3.27. The van der Waals surface area contributed by atoms with Gasteiger partial charge in [0.25, 0.3) is 5.91 Å². The highest BCUT2D eigenvalue weighted by Gasteiger charge is 2.21. The van der Waals surface area contributed by atoms with E-state index in [0.29, 0.717) is 22.8 Å². The molecule has 0 saturated carbocycles. The Morgan fingerprint density at radius 1 is 1.17 bits per heavy atom. The maximum atomic E-state index is 12.0. The number of carbonyl (C=O) groups is 1. The van der Waals surface area contributed by atoms with Crippen LogP contribution in [0.3, 0.4) is 0 Å². The van der Waals surface area contributed by atoms with Gasteiger partial charge in [-0.05, 0) is 24.3 Å². The number of H-pyrrole nitrogens is 1. The molecule has 0 fully saturated rings. The van der Waals surface area contributed by atoms with Crippen molar-refractivity contribution in [3.8, 4) is 22.5 Å². The summed E-state index contributed by atoms with van der Waals surface area (Å²) in [7, 11) is 0. The van der Waals surface area contributed by atoms with Gasteiger partial charge >= 0.3 is 0 Å². The molecule has 4 N–H and O–H groups in total. The van der Waals surface area contributed by atoms with E-state index >= 15 is 0 Å². The van der Waals surface area contributed by atoms with Crippen LogP contribution in [0.15, 0.2) is 42.6 Å². The number of nitrogen functional groups attached to an aromatic ring is 1. The number of rotatable bonds is 2. The first kappa shape index (κ1) is 14.8. The van der Waals surface area contributed by atoms with Gasteiger partial charge in [-0.2, -0.15) is 0 Å². The van der Waals surface area contributed by atoms with Gasteiger partial charge in [-0.15, -0.1) is 0 Å². The van der Waals surface area contributed by atoms with Crippen molar-refractivity contribution in [2.45, 2.75) is 6.42 Å².